The van der Waals surface area contributed by atoms with E-state index in [1.807, 2.05) is 30.3 Å². The molecule has 2 heterocycles. The number of guanidine groups is 1. The summed E-state index contributed by atoms with van der Waals surface area (Å²) in [5.74, 6) is -8.86. The van der Waals surface area contributed by atoms with Crippen molar-refractivity contribution in [2.24, 2.45) is 33.8 Å². The van der Waals surface area contributed by atoms with E-state index in [4.69, 9.17) is 22.9 Å². The number of unbranched alkanes of at least 4 members (excludes halogenated alkanes) is 2. The van der Waals surface area contributed by atoms with Crippen LogP contribution in [0, 0.1) is 5.92 Å². The number of aliphatic hydroxyl groups is 1. The number of nitrogens with one attached hydrogen (secondary N) is 7. The van der Waals surface area contributed by atoms with Crippen LogP contribution < -0.4 is 60.2 Å². The molecule has 0 aliphatic carbocycles. The van der Waals surface area contributed by atoms with Crippen molar-refractivity contribution in [2.45, 2.75) is 171 Å². The summed E-state index contributed by atoms with van der Waals surface area (Å²) in [6.07, 6.45) is 4.25. The fourth-order valence-corrected chi connectivity index (χ4v) is 11.4. The van der Waals surface area contributed by atoms with Gasteiger partial charge < -0.3 is 85.1 Å². The fourth-order valence-electron chi connectivity index (χ4n) is 11.4. The molecule has 504 valence electrons. The number of benzene rings is 3. The number of carbonyl (C=O) groups is 11. The predicted octanol–water partition coefficient (Wildman–Crippen LogP) is -1.09. The number of likely N-dealkylation sites (tertiary alicyclic amines) is 2. The number of carbonyl (C=O) groups excluding carboxylic acids is 10. The Morgan fingerprint density at radius 3 is 1.82 bits per heavy atom. The molecule has 28 nitrogen and oxygen atoms in total. The van der Waals surface area contributed by atoms with Gasteiger partial charge in [-0.1, -0.05) is 93.1 Å². The van der Waals surface area contributed by atoms with Gasteiger partial charge in [-0.2, -0.15) is 0 Å². The van der Waals surface area contributed by atoms with E-state index >= 15 is 0 Å². The van der Waals surface area contributed by atoms with Gasteiger partial charge in [0.25, 0.3) is 0 Å². The van der Waals surface area contributed by atoms with Gasteiger partial charge in [0.05, 0.1) is 13.2 Å². The number of fused-ring (bicyclic) bond motifs is 1. The van der Waals surface area contributed by atoms with Gasteiger partial charge in [0.2, 0.25) is 59.1 Å². The molecule has 10 amide bonds. The van der Waals surface area contributed by atoms with E-state index in [2.05, 4.69) is 42.2 Å². The monoisotopic (exact) mass is 1280 g/mol. The van der Waals surface area contributed by atoms with Gasteiger partial charge in [0.1, 0.15) is 54.4 Å². The maximum atomic E-state index is 14.7. The van der Waals surface area contributed by atoms with Crippen LogP contribution in [-0.2, 0) is 65.6 Å². The molecule has 0 unspecified atom stereocenters. The van der Waals surface area contributed by atoms with Gasteiger partial charge in [0, 0.05) is 46.4 Å². The third-order valence-corrected chi connectivity index (χ3v) is 16.8. The molecule has 2 aliphatic rings. The summed E-state index contributed by atoms with van der Waals surface area (Å²) in [5.41, 5.74) is 23.9. The number of likely N-dealkylation sites (N-methyl/N-ethyl adjacent to an activating group) is 1. The Balaban J connectivity index is 1.30. The second kappa shape index (κ2) is 37.5. The van der Waals surface area contributed by atoms with E-state index < -0.39 is 138 Å². The zero-order chi connectivity index (χ0) is 67.4. The lowest BCUT2D eigenvalue weighted by molar-refractivity contribution is -0.148. The molecule has 0 spiro atoms. The molecular formula is C64H95N15O13. The summed E-state index contributed by atoms with van der Waals surface area (Å²) in [5, 5.41) is 40.9. The van der Waals surface area contributed by atoms with Crippen LogP contribution in [0.1, 0.15) is 115 Å². The van der Waals surface area contributed by atoms with E-state index in [0.717, 1.165) is 15.7 Å². The molecule has 0 saturated carbocycles. The molecule has 5 rings (SSSR count). The Hall–Kier alpha value is -8.76. The highest BCUT2D eigenvalue weighted by Gasteiger charge is 2.44. The van der Waals surface area contributed by atoms with Crippen LogP contribution >= 0.6 is 0 Å². The minimum atomic E-state index is -1.68. The first-order valence-corrected chi connectivity index (χ1v) is 31.8. The second-order valence-corrected chi connectivity index (χ2v) is 23.6. The topological polar surface area (TPSA) is 439 Å². The maximum absolute atomic E-state index is 14.7. The number of aliphatic hydroxyl groups excluding tert-OH is 1. The van der Waals surface area contributed by atoms with Crippen molar-refractivity contribution in [3.8, 4) is 0 Å². The summed E-state index contributed by atoms with van der Waals surface area (Å²) in [6.45, 7) is 4.21. The minimum absolute atomic E-state index is 0.0303. The Morgan fingerprint density at radius 2 is 1.20 bits per heavy atom. The highest BCUT2D eigenvalue weighted by Crippen LogP contribution is 2.27. The lowest BCUT2D eigenvalue weighted by Gasteiger charge is -2.33. The molecule has 0 radical (unpaired) electrons. The van der Waals surface area contributed by atoms with Crippen LogP contribution in [0.5, 0.6) is 0 Å². The van der Waals surface area contributed by atoms with E-state index in [1.165, 1.54) is 23.8 Å². The van der Waals surface area contributed by atoms with Crippen LogP contribution in [0.25, 0.3) is 10.8 Å². The van der Waals surface area contributed by atoms with E-state index in [1.54, 1.807) is 56.3 Å². The number of nitrogens with zero attached hydrogens (tertiary/aromatic N) is 4. The van der Waals surface area contributed by atoms with Crippen LogP contribution in [0.3, 0.4) is 0 Å². The van der Waals surface area contributed by atoms with Crippen molar-refractivity contribution in [1.29, 1.82) is 0 Å². The smallest absolute Gasteiger partial charge is 0.326 e. The number of aliphatic imine (C=N–C) groups is 1. The number of nitrogens with two attached hydrogens (primary N) is 4. The molecule has 10 atom stereocenters. The molecule has 0 aromatic heterocycles. The number of amides is 10. The van der Waals surface area contributed by atoms with Crippen molar-refractivity contribution in [2.75, 3.05) is 52.9 Å². The zero-order valence-electron chi connectivity index (χ0n) is 53.2. The van der Waals surface area contributed by atoms with Gasteiger partial charge in [-0.3, -0.25) is 52.9 Å². The lowest BCUT2D eigenvalue weighted by Crippen LogP contribution is -2.60. The van der Waals surface area contributed by atoms with Crippen LogP contribution in [-0.4, -0.2) is 203 Å². The number of aliphatic carboxylic acids is 1. The number of hydrogen-bond acceptors (Lipinski definition) is 15. The minimum Gasteiger partial charge on any atom is -0.480 e. The number of carboxylic acid groups (broad SMARTS) is 1. The van der Waals surface area contributed by atoms with Crippen LogP contribution in [0.15, 0.2) is 77.8 Å². The molecule has 2 saturated heterocycles. The quantitative estimate of drug-likeness (QED) is 0.0185. The molecule has 28 heteroatoms. The molecule has 2 aliphatic heterocycles. The average molecular weight is 1280 g/mol. The Bertz CT molecular complexity index is 3040. The standard InChI is InChI=1S/C64H95N15O13/c1-5-39(2)54(63(91)92)76-57(85)48(36-43-23-15-22-42-21-9-10-24-44(42)43)74-58(86)49(38-80)75-60(88)52(35-41-19-7-6-8-20-41)77(4)53(82)37-70-59(87)50-28-17-33-78(50)62(90)51-29-18-34-79(51)61(89)47(27-16-32-69-64(67)68)73-56(84)46(26-12-14-31-66)72-55(83)45(71-40(3)81)25-11-13-30-65/h6-10,15,19-24,39,45-52,54,80H,5,11-14,16-18,25-38,65-66H2,1-4H3,(H,70,87)(H,71,81)(H,72,83)(H,73,84)(H,74,86)(H,75,88)(H,76,85)(H,91,92)(H4,67,68,69)/t39-,45-,46-,47-,48+,49-,50-,51-,52-,54-/m0/s1. The molecule has 0 bridgehead atoms. The summed E-state index contributed by atoms with van der Waals surface area (Å²) >= 11 is 0. The summed E-state index contributed by atoms with van der Waals surface area (Å²) < 4.78 is 0. The maximum Gasteiger partial charge on any atom is 0.326 e. The largest absolute Gasteiger partial charge is 0.480 e. The van der Waals surface area contributed by atoms with E-state index in [-0.39, 0.29) is 77.0 Å². The highest BCUT2D eigenvalue weighted by atomic mass is 16.4. The highest BCUT2D eigenvalue weighted by molar-refractivity contribution is 5.99. The predicted molar refractivity (Wildman–Crippen MR) is 344 cm³/mol. The van der Waals surface area contributed by atoms with Gasteiger partial charge in [-0.25, -0.2) is 4.79 Å². The van der Waals surface area contributed by atoms with E-state index in [9.17, 15) is 63.0 Å². The molecular weight excluding hydrogens is 1190 g/mol. The first-order chi connectivity index (χ1) is 44.0. The van der Waals surface area contributed by atoms with Gasteiger partial charge >= 0.3 is 5.97 Å². The third-order valence-electron chi connectivity index (χ3n) is 16.8. The van der Waals surface area contributed by atoms with Crippen molar-refractivity contribution in [1.82, 2.24) is 51.9 Å². The number of rotatable bonds is 37. The second-order valence-electron chi connectivity index (χ2n) is 23.6. The average Bonchev–Trinajstić information content (AvgIpc) is 1.63. The Morgan fingerprint density at radius 1 is 0.641 bits per heavy atom. The van der Waals surface area contributed by atoms with Crippen molar-refractivity contribution in [3.05, 3.63) is 83.9 Å². The number of hydrogen-bond donors (Lipinski definition) is 13. The van der Waals surface area contributed by atoms with Gasteiger partial charge in [0.15, 0.2) is 5.96 Å². The SMILES string of the molecule is CC[C@H](C)[C@H](NC(=O)[C@@H](Cc1cccc2ccccc12)NC(=O)[C@H](CO)NC(=O)[C@H](Cc1ccccc1)N(C)C(=O)CNC(=O)[C@@H]1CCCN1C(=O)[C@@H]1CCCN1C(=O)[C@H](CCCN=C(N)N)NC(=O)[C@H](CCCCN)NC(=O)[C@H](CCCCN)NC(C)=O)C(=O)O. The summed E-state index contributed by atoms with van der Waals surface area (Å²) in [7, 11) is 1.33. The number of carboxylic acids is 1. The zero-order valence-corrected chi connectivity index (χ0v) is 53.2. The molecule has 3 aromatic rings. The molecule has 3 aromatic carbocycles. The van der Waals surface area contributed by atoms with Crippen molar-refractivity contribution >= 4 is 81.8 Å². The Labute approximate surface area is 536 Å². The van der Waals surface area contributed by atoms with Crippen LogP contribution in [0.2, 0.25) is 0 Å². The van der Waals surface area contributed by atoms with Gasteiger partial charge in [-0.05, 0) is 118 Å². The first-order valence-electron chi connectivity index (χ1n) is 31.8. The summed E-state index contributed by atoms with van der Waals surface area (Å²) in [6, 6.07) is 10.3. The van der Waals surface area contributed by atoms with Gasteiger partial charge in [-0.15, -0.1) is 0 Å². The van der Waals surface area contributed by atoms with Crippen molar-refractivity contribution < 1.29 is 63.0 Å². The van der Waals surface area contributed by atoms with E-state index in [0.29, 0.717) is 69.2 Å². The lowest BCUT2D eigenvalue weighted by atomic mass is 9.96. The van der Waals surface area contributed by atoms with Crippen molar-refractivity contribution in [3.63, 3.8) is 0 Å². The first kappa shape index (κ1) is 74.0. The van der Waals surface area contributed by atoms with Crippen LogP contribution in [0.4, 0.5) is 0 Å². The molecule has 17 N–H and O–H groups in total. The third kappa shape index (κ3) is 22.0. The fraction of sp³-hybridized carbons (Fsp3) is 0.562. The molecule has 2 fully saturated rings. The normalized spacial score (nSPS) is 17.1. The molecule has 92 heavy (non-hydrogen) atoms. The summed E-state index contributed by atoms with van der Waals surface area (Å²) in [4.78, 5) is 161. The Kier molecular flexibility index (Phi) is 30.2.